The lowest BCUT2D eigenvalue weighted by Crippen LogP contribution is -2.15. The van der Waals surface area contributed by atoms with Gasteiger partial charge in [-0.15, -0.1) is 0 Å². The van der Waals surface area contributed by atoms with E-state index in [-0.39, 0.29) is 0 Å². The van der Waals surface area contributed by atoms with E-state index < -0.39 is 0 Å². The largest absolute Gasteiger partial charge is 0.458 e. The molecule has 0 amide bonds. The van der Waals surface area contributed by atoms with Crippen molar-refractivity contribution in [2.24, 2.45) is 0 Å². The summed E-state index contributed by atoms with van der Waals surface area (Å²) >= 11 is 9.78. The summed E-state index contributed by atoms with van der Waals surface area (Å²) in [4.78, 5) is 0. The SMILES string of the molecule is COCc1c(CNC2CC2)oc2c(Cl)ccc(Br)c12. The fourth-order valence-corrected chi connectivity index (χ4v) is 2.95. The van der Waals surface area contributed by atoms with Gasteiger partial charge < -0.3 is 14.5 Å². The van der Waals surface area contributed by atoms with E-state index in [4.69, 9.17) is 20.8 Å². The second kappa shape index (κ2) is 5.44. The fourth-order valence-electron chi connectivity index (χ4n) is 2.20. The van der Waals surface area contributed by atoms with Gasteiger partial charge in [0.1, 0.15) is 5.76 Å². The molecule has 102 valence electrons. The number of benzene rings is 1. The number of ether oxygens (including phenoxy) is 1. The molecule has 1 fully saturated rings. The van der Waals surface area contributed by atoms with Crippen molar-refractivity contribution in [1.29, 1.82) is 0 Å². The zero-order valence-corrected chi connectivity index (χ0v) is 13.0. The van der Waals surface area contributed by atoms with E-state index in [1.54, 1.807) is 7.11 Å². The summed E-state index contributed by atoms with van der Waals surface area (Å²) in [7, 11) is 1.69. The van der Waals surface area contributed by atoms with Crippen molar-refractivity contribution >= 4 is 38.5 Å². The molecule has 0 radical (unpaired) electrons. The molecule has 0 saturated heterocycles. The molecule has 1 aliphatic carbocycles. The Hall–Kier alpha value is -0.550. The van der Waals surface area contributed by atoms with Crippen molar-refractivity contribution in [3.05, 3.63) is 33.0 Å². The summed E-state index contributed by atoms with van der Waals surface area (Å²) in [6, 6.07) is 4.42. The number of nitrogens with one attached hydrogen (secondary N) is 1. The Labute approximate surface area is 125 Å². The van der Waals surface area contributed by atoms with E-state index >= 15 is 0 Å². The van der Waals surface area contributed by atoms with Crippen LogP contribution < -0.4 is 5.32 Å². The van der Waals surface area contributed by atoms with E-state index in [2.05, 4.69) is 21.2 Å². The Balaban J connectivity index is 2.05. The molecular formula is C14H15BrClNO2. The van der Waals surface area contributed by atoms with Crippen LogP contribution in [0.1, 0.15) is 24.2 Å². The van der Waals surface area contributed by atoms with Gasteiger partial charge in [-0.1, -0.05) is 27.5 Å². The Morgan fingerprint density at radius 2 is 2.26 bits per heavy atom. The zero-order valence-electron chi connectivity index (χ0n) is 10.6. The van der Waals surface area contributed by atoms with Crippen LogP contribution in [0.3, 0.4) is 0 Å². The predicted molar refractivity (Wildman–Crippen MR) is 79.5 cm³/mol. The molecule has 19 heavy (non-hydrogen) atoms. The highest BCUT2D eigenvalue weighted by atomic mass is 79.9. The standard InChI is InChI=1S/C14H15BrClNO2/c1-18-7-9-12(6-17-8-2-3-8)19-14-11(16)5-4-10(15)13(9)14/h4-5,8,17H,2-3,6-7H2,1H3. The molecule has 2 aromatic rings. The topological polar surface area (TPSA) is 34.4 Å². The Morgan fingerprint density at radius 1 is 1.47 bits per heavy atom. The molecule has 3 nitrogen and oxygen atoms in total. The molecule has 1 aromatic carbocycles. The highest BCUT2D eigenvalue weighted by Gasteiger charge is 2.23. The molecule has 1 N–H and O–H groups in total. The first kappa shape index (κ1) is 13.4. The molecule has 3 rings (SSSR count). The fraction of sp³-hybridized carbons (Fsp3) is 0.429. The molecule has 0 bridgehead atoms. The lowest BCUT2D eigenvalue weighted by molar-refractivity contribution is 0.183. The Bertz CT molecular complexity index is 607. The number of hydrogen-bond acceptors (Lipinski definition) is 3. The summed E-state index contributed by atoms with van der Waals surface area (Å²) in [5.41, 5.74) is 1.80. The molecule has 1 aromatic heterocycles. The van der Waals surface area contributed by atoms with Crippen LogP contribution in [0, 0.1) is 0 Å². The summed E-state index contributed by atoms with van der Waals surface area (Å²) in [5.74, 6) is 0.914. The van der Waals surface area contributed by atoms with E-state index in [0.717, 1.165) is 33.3 Å². The van der Waals surface area contributed by atoms with E-state index in [1.165, 1.54) is 12.8 Å². The van der Waals surface area contributed by atoms with Crippen molar-refractivity contribution in [2.75, 3.05) is 7.11 Å². The molecule has 0 atom stereocenters. The quantitative estimate of drug-likeness (QED) is 0.880. The highest BCUT2D eigenvalue weighted by molar-refractivity contribution is 9.10. The highest BCUT2D eigenvalue weighted by Crippen LogP contribution is 2.37. The first-order valence-corrected chi connectivity index (χ1v) is 7.48. The lowest BCUT2D eigenvalue weighted by atomic mass is 10.1. The van der Waals surface area contributed by atoms with Gasteiger partial charge in [-0.05, 0) is 25.0 Å². The number of fused-ring (bicyclic) bond motifs is 1. The van der Waals surface area contributed by atoms with Crippen LogP contribution in [0.5, 0.6) is 0 Å². The minimum Gasteiger partial charge on any atom is -0.458 e. The second-order valence-electron chi connectivity index (χ2n) is 4.83. The number of halogens is 2. The van der Waals surface area contributed by atoms with Gasteiger partial charge in [-0.3, -0.25) is 0 Å². The minimum absolute atomic E-state index is 0.521. The monoisotopic (exact) mass is 343 g/mol. The van der Waals surface area contributed by atoms with Crippen molar-refractivity contribution < 1.29 is 9.15 Å². The van der Waals surface area contributed by atoms with Gasteiger partial charge in [0.05, 0.1) is 18.2 Å². The number of rotatable bonds is 5. The van der Waals surface area contributed by atoms with Crippen molar-refractivity contribution in [3.8, 4) is 0 Å². The molecule has 0 unspecified atom stereocenters. The van der Waals surface area contributed by atoms with Gasteiger partial charge in [0.15, 0.2) is 5.58 Å². The van der Waals surface area contributed by atoms with Gasteiger partial charge in [0.25, 0.3) is 0 Å². The first-order chi connectivity index (χ1) is 9.20. The van der Waals surface area contributed by atoms with Crippen LogP contribution in [0.4, 0.5) is 0 Å². The second-order valence-corrected chi connectivity index (χ2v) is 6.09. The molecular weight excluding hydrogens is 330 g/mol. The van der Waals surface area contributed by atoms with Crippen LogP contribution in [0.2, 0.25) is 5.02 Å². The van der Waals surface area contributed by atoms with E-state index in [0.29, 0.717) is 17.7 Å². The molecule has 1 heterocycles. The maximum Gasteiger partial charge on any atom is 0.154 e. The number of furan rings is 1. The Kier molecular flexibility index (Phi) is 3.85. The van der Waals surface area contributed by atoms with Gasteiger partial charge in [-0.2, -0.15) is 0 Å². The van der Waals surface area contributed by atoms with Crippen molar-refractivity contribution in [3.63, 3.8) is 0 Å². The molecule has 1 saturated carbocycles. The van der Waals surface area contributed by atoms with Crippen molar-refractivity contribution in [2.45, 2.75) is 32.0 Å². The third kappa shape index (κ3) is 2.68. The summed E-state index contributed by atoms with van der Waals surface area (Å²) in [6.07, 6.45) is 2.51. The van der Waals surface area contributed by atoms with Crippen LogP contribution in [-0.4, -0.2) is 13.2 Å². The van der Waals surface area contributed by atoms with Gasteiger partial charge in [-0.25, -0.2) is 0 Å². The first-order valence-electron chi connectivity index (χ1n) is 6.31. The van der Waals surface area contributed by atoms with E-state index in [9.17, 15) is 0 Å². The number of methoxy groups -OCH3 is 1. The minimum atomic E-state index is 0.521. The lowest BCUT2D eigenvalue weighted by Gasteiger charge is -2.03. The predicted octanol–water partition coefficient (Wildman–Crippen LogP) is 4.25. The molecule has 0 spiro atoms. The maximum atomic E-state index is 6.21. The summed E-state index contributed by atoms with van der Waals surface area (Å²) in [6.45, 7) is 1.24. The van der Waals surface area contributed by atoms with E-state index in [1.807, 2.05) is 12.1 Å². The third-order valence-corrected chi connectivity index (χ3v) is 4.30. The summed E-state index contributed by atoms with van der Waals surface area (Å²) in [5, 5.41) is 5.11. The number of hydrogen-bond donors (Lipinski definition) is 1. The normalized spacial score (nSPS) is 15.3. The third-order valence-electron chi connectivity index (χ3n) is 3.34. The van der Waals surface area contributed by atoms with Crippen molar-refractivity contribution in [1.82, 2.24) is 5.32 Å². The Morgan fingerprint density at radius 3 is 2.95 bits per heavy atom. The van der Waals surface area contributed by atoms with Crippen LogP contribution in [0.15, 0.2) is 21.0 Å². The van der Waals surface area contributed by atoms with Crippen LogP contribution >= 0.6 is 27.5 Å². The van der Waals surface area contributed by atoms with Gasteiger partial charge in [0.2, 0.25) is 0 Å². The van der Waals surface area contributed by atoms with Crippen LogP contribution in [-0.2, 0) is 17.9 Å². The average molecular weight is 345 g/mol. The molecule has 0 aliphatic heterocycles. The smallest absolute Gasteiger partial charge is 0.154 e. The zero-order chi connectivity index (χ0) is 13.4. The average Bonchev–Trinajstić information content (AvgIpc) is 3.15. The molecule has 1 aliphatic rings. The van der Waals surface area contributed by atoms with Gasteiger partial charge in [0, 0.05) is 28.6 Å². The van der Waals surface area contributed by atoms with Gasteiger partial charge >= 0.3 is 0 Å². The maximum absolute atomic E-state index is 6.21. The summed E-state index contributed by atoms with van der Waals surface area (Å²) < 4.78 is 12.2. The molecule has 5 heteroatoms. The van der Waals surface area contributed by atoms with Crippen LogP contribution in [0.25, 0.3) is 11.0 Å².